The Morgan fingerprint density at radius 2 is 1.86 bits per heavy atom. The van der Waals surface area contributed by atoms with Crippen molar-refractivity contribution in [2.24, 2.45) is 5.92 Å². The summed E-state index contributed by atoms with van der Waals surface area (Å²) < 4.78 is 27.1. The average Bonchev–Trinajstić information content (AvgIpc) is 2.44. The quantitative estimate of drug-likeness (QED) is 0.842. The molecule has 4 nitrogen and oxygen atoms in total. The molecular formula is C16H27NO3S. The minimum Gasteiger partial charge on any atom is -0.392 e. The Morgan fingerprint density at radius 1 is 1.24 bits per heavy atom. The lowest BCUT2D eigenvalue weighted by Crippen LogP contribution is -2.36. The van der Waals surface area contributed by atoms with Crippen LogP contribution in [0, 0.1) is 5.92 Å². The number of aryl methyl sites for hydroxylation is 1. The summed E-state index contributed by atoms with van der Waals surface area (Å²) in [5.41, 5.74) is 1.41. The highest BCUT2D eigenvalue weighted by atomic mass is 32.2. The highest BCUT2D eigenvalue weighted by Crippen LogP contribution is 2.24. The van der Waals surface area contributed by atoms with E-state index in [9.17, 15) is 13.5 Å². The molecule has 0 saturated heterocycles. The van der Waals surface area contributed by atoms with Crippen molar-refractivity contribution in [3.63, 3.8) is 0 Å². The Kier molecular flexibility index (Phi) is 6.38. The first-order valence-electron chi connectivity index (χ1n) is 7.44. The molecule has 0 aliphatic heterocycles. The van der Waals surface area contributed by atoms with Gasteiger partial charge in [-0.2, -0.15) is 4.31 Å². The van der Waals surface area contributed by atoms with Crippen LogP contribution in [0.4, 0.5) is 0 Å². The summed E-state index contributed by atoms with van der Waals surface area (Å²) in [6, 6.07) is 5.10. The van der Waals surface area contributed by atoms with Gasteiger partial charge in [0.05, 0.1) is 11.5 Å². The van der Waals surface area contributed by atoms with E-state index in [-0.39, 0.29) is 12.6 Å². The number of hydrogen-bond acceptors (Lipinski definition) is 3. The molecule has 21 heavy (non-hydrogen) atoms. The monoisotopic (exact) mass is 313 g/mol. The second-order valence-electron chi connectivity index (χ2n) is 5.95. The molecular weight excluding hydrogens is 286 g/mol. The summed E-state index contributed by atoms with van der Waals surface area (Å²) in [4.78, 5) is 0.314. The van der Waals surface area contributed by atoms with E-state index >= 15 is 0 Å². The lowest BCUT2D eigenvalue weighted by Gasteiger charge is -2.26. The van der Waals surface area contributed by atoms with Crippen LogP contribution in [0.3, 0.4) is 0 Å². The van der Waals surface area contributed by atoms with Crippen molar-refractivity contribution >= 4 is 10.0 Å². The van der Waals surface area contributed by atoms with Crippen molar-refractivity contribution < 1.29 is 13.5 Å². The van der Waals surface area contributed by atoms with Gasteiger partial charge in [-0.1, -0.05) is 32.9 Å². The highest BCUT2D eigenvalue weighted by molar-refractivity contribution is 7.89. The summed E-state index contributed by atoms with van der Waals surface area (Å²) in [5.74, 6) is 0.437. The van der Waals surface area contributed by atoms with Gasteiger partial charge in [0.15, 0.2) is 0 Å². The molecule has 1 aromatic carbocycles. The fraction of sp³-hybridized carbons (Fsp3) is 0.625. The van der Waals surface area contributed by atoms with Gasteiger partial charge in [0, 0.05) is 13.1 Å². The zero-order valence-corrected chi connectivity index (χ0v) is 14.4. The van der Waals surface area contributed by atoms with Gasteiger partial charge in [0.25, 0.3) is 0 Å². The topological polar surface area (TPSA) is 57.6 Å². The lowest BCUT2D eigenvalue weighted by molar-refractivity contribution is 0.281. The Hall–Kier alpha value is -0.910. The van der Waals surface area contributed by atoms with Crippen molar-refractivity contribution in [1.82, 2.24) is 4.31 Å². The van der Waals surface area contributed by atoms with E-state index in [1.54, 1.807) is 25.2 Å². The molecule has 0 fully saturated rings. The fourth-order valence-corrected chi connectivity index (χ4v) is 4.17. The molecule has 0 amide bonds. The SMILES string of the molecule is CCc1ccc(CO)cc1S(=O)(=O)N(C)C(C)CC(C)C. The second kappa shape index (κ2) is 7.38. The van der Waals surface area contributed by atoms with Gasteiger partial charge in [-0.3, -0.25) is 0 Å². The molecule has 120 valence electrons. The lowest BCUT2D eigenvalue weighted by atomic mass is 10.1. The van der Waals surface area contributed by atoms with Crippen LogP contribution in [0.2, 0.25) is 0 Å². The van der Waals surface area contributed by atoms with Crippen molar-refractivity contribution in [2.45, 2.75) is 58.1 Å². The van der Waals surface area contributed by atoms with Crippen molar-refractivity contribution in [3.05, 3.63) is 29.3 Å². The van der Waals surface area contributed by atoms with Crippen LogP contribution in [-0.2, 0) is 23.1 Å². The predicted molar refractivity (Wildman–Crippen MR) is 85.6 cm³/mol. The molecule has 1 rings (SSSR count). The predicted octanol–water partition coefficient (Wildman–Crippen LogP) is 2.80. The van der Waals surface area contributed by atoms with E-state index in [1.807, 2.05) is 13.8 Å². The molecule has 0 spiro atoms. The first kappa shape index (κ1) is 18.1. The zero-order chi connectivity index (χ0) is 16.2. The van der Waals surface area contributed by atoms with Crippen LogP contribution < -0.4 is 0 Å². The molecule has 0 saturated carbocycles. The van der Waals surface area contributed by atoms with Crippen LogP contribution >= 0.6 is 0 Å². The van der Waals surface area contributed by atoms with Crippen molar-refractivity contribution in [1.29, 1.82) is 0 Å². The number of benzene rings is 1. The number of aliphatic hydroxyl groups is 1. The van der Waals surface area contributed by atoms with Gasteiger partial charge in [-0.05, 0) is 42.9 Å². The maximum Gasteiger partial charge on any atom is 0.243 e. The van der Waals surface area contributed by atoms with Crippen LogP contribution in [0.1, 0.15) is 45.2 Å². The maximum absolute atomic E-state index is 12.8. The third-order valence-electron chi connectivity index (χ3n) is 3.79. The Bertz CT molecular complexity index is 567. The van der Waals surface area contributed by atoms with Crippen LogP contribution in [0.5, 0.6) is 0 Å². The Morgan fingerprint density at radius 3 is 2.33 bits per heavy atom. The van der Waals surface area contributed by atoms with Crippen LogP contribution in [0.15, 0.2) is 23.1 Å². The Balaban J connectivity index is 3.23. The van der Waals surface area contributed by atoms with E-state index in [4.69, 9.17) is 0 Å². The van der Waals surface area contributed by atoms with E-state index in [2.05, 4.69) is 13.8 Å². The number of sulfonamides is 1. The number of hydrogen-bond donors (Lipinski definition) is 1. The standard InChI is InChI=1S/C16H27NO3S/c1-6-15-8-7-14(11-18)10-16(15)21(19,20)17(5)13(4)9-12(2)3/h7-8,10,12-13,18H,6,9,11H2,1-5H3. The molecule has 1 N–H and O–H groups in total. The number of rotatable bonds is 7. The zero-order valence-electron chi connectivity index (χ0n) is 13.6. The molecule has 0 aliphatic carbocycles. The maximum atomic E-state index is 12.8. The molecule has 0 heterocycles. The smallest absolute Gasteiger partial charge is 0.243 e. The fourth-order valence-electron chi connectivity index (χ4n) is 2.45. The first-order valence-corrected chi connectivity index (χ1v) is 8.88. The van der Waals surface area contributed by atoms with E-state index in [0.29, 0.717) is 22.8 Å². The van der Waals surface area contributed by atoms with Gasteiger partial charge in [0.1, 0.15) is 0 Å². The minimum absolute atomic E-state index is 0.0579. The molecule has 1 aromatic rings. The molecule has 0 aromatic heterocycles. The van der Waals surface area contributed by atoms with Crippen molar-refractivity contribution in [2.75, 3.05) is 7.05 Å². The molecule has 0 aliphatic rings. The Labute approximate surface area is 128 Å². The normalized spacial score (nSPS) is 13.9. The third kappa shape index (κ3) is 4.28. The molecule has 0 bridgehead atoms. The van der Waals surface area contributed by atoms with E-state index < -0.39 is 10.0 Å². The molecule has 1 unspecified atom stereocenters. The summed E-state index contributed by atoms with van der Waals surface area (Å²) in [7, 11) is -1.90. The number of aliphatic hydroxyl groups excluding tert-OH is 1. The second-order valence-corrected chi connectivity index (χ2v) is 7.92. The largest absolute Gasteiger partial charge is 0.392 e. The van der Waals surface area contributed by atoms with Gasteiger partial charge in [-0.15, -0.1) is 0 Å². The van der Waals surface area contributed by atoms with Crippen molar-refractivity contribution in [3.8, 4) is 0 Å². The van der Waals surface area contributed by atoms with E-state index in [0.717, 1.165) is 12.0 Å². The summed E-state index contributed by atoms with van der Waals surface area (Å²) >= 11 is 0. The van der Waals surface area contributed by atoms with Gasteiger partial charge in [-0.25, -0.2) is 8.42 Å². The third-order valence-corrected chi connectivity index (χ3v) is 5.84. The summed E-state index contributed by atoms with van der Waals surface area (Å²) in [6.07, 6.45) is 1.46. The van der Waals surface area contributed by atoms with E-state index in [1.165, 1.54) is 4.31 Å². The van der Waals surface area contributed by atoms with Crippen LogP contribution in [-0.4, -0.2) is 30.9 Å². The molecule has 0 radical (unpaired) electrons. The molecule has 1 atom stereocenters. The minimum atomic E-state index is -3.54. The summed E-state index contributed by atoms with van der Waals surface area (Å²) in [5, 5.41) is 9.25. The number of nitrogens with zero attached hydrogens (tertiary/aromatic N) is 1. The highest BCUT2D eigenvalue weighted by Gasteiger charge is 2.27. The van der Waals surface area contributed by atoms with Gasteiger partial charge < -0.3 is 5.11 Å². The van der Waals surface area contributed by atoms with Gasteiger partial charge >= 0.3 is 0 Å². The van der Waals surface area contributed by atoms with Gasteiger partial charge in [0.2, 0.25) is 10.0 Å². The van der Waals surface area contributed by atoms with Crippen LogP contribution in [0.25, 0.3) is 0 Å². The average molecular weight is 313 g/mol. The first-order chi connectivity index (χ1) is 9.73. The summed E-state index contributed by atoms with van der Waals surface area (Å²) in [6.45, 7) is 7.88. The molecule has 5 heteroatoms.